The molecule has 0 bridgehead atoms. The Morgan fingerprint density at radius 1 is 1.21 bits per heavy atom. The SMILES string of the molecule is Cc1cc(C)n(C)c(=O)c1C(N)c1ccc(F)cc1. The van der Waals surface area contributed by atoms with Crippen LogP contribution in [0.2, 0.25) is 0 Å². The summed E-state index contributed by atoms with van der Waals surface area (Å²) in [6.45, 7) is 3.74. The Hall–Kier alpha value is -1.94. The number of halogens is 1. The first-order valence-corrected chi connectivity index (χ1v) is 6.10. The van der Waals surface area contributed by atoms with Crippen molar-refractivity contribution in [3.05, 3.63) is 68.9 Å². The molecule has 0 saturated heterocycles. The molecule has 0 saturated carbocycles. The van der Waals surface area contributed by atoms with Crippen LogP contribution in [0.3, 0.4) is 0 Å². The Morgan fingerprint density at radius 2 is 1.79 bits per heavy atom. The predicted octanol–water partition coefficient (Wildman–Crippen LogP) is 2.19. The Morgan fingerprint density at radius 3 is 2.37 bits per heavy atom. The number of aromatic nitrogens is 1. The Labute approximate surface area is 111 Å². The number of rotatable bonds is 2. The van der Waals surface area contributed by atoms with Gasteiger partial charge in [0, 0.05) is 18.3 Å². The van der Waals surface area contributed by atoms with Crippen LogP contribution in [-0.4, -0.2) is 4.57 Å². The monoisotopic (exact) mass is 260 g/mol. The molecule has 2 N–H and O–H groups in total. The minimum absolute atomic E-state index is 0.102. The Kier molecular flexibility index (Phi) is 3.53. The lowest BCUT2D eigenvalue weighted by Crippen LogP contribution is -2.29. The minimum Gasteiger partial charge on any atom is -0.320 e. The summed E-state index contributed by atoms with van der Waals surface area (Å²) in [5.74, 6) is -0.315. The fourth-order valence-corrected chi connectivity index (χ4v) is 2.21. The lowest BCUT2D eigenvalue weighted by atomic mass is 9.96. The summed E-state index contributed by atoms with van der Waals surface area (Å²) in [5, 5.41) is 0. The van der Waals surface area contributed by atoms with Gasteiger partial charge in [-0.3, -0.25) is 4.79 Å². The number of aryl methyl sites for hydroxylation is 2. The fraction of sp³-hybridized carbons (Fsp3) is 0.267. The number of nitrogens with two attached hydrogens (primary N) is 1. The molecule has 0 fully saturated rings. The Bertz CT molecular complexity index is 659. The van der Waals surface area contributed by atoms with Crippen LogP contribution in [0, 0.1) is 19.7 Å². The van der Waals surface area contributed by atoms with Crippen molar-refractivity contribution in [2.24, 2.45) is 12.8 Å². The van der Waals surface area contributed by atoms with Crippen molar-refractivity contribution in [2.45, 2.75) is 19.9 Å². The maximum absolute atomic E-state index is 12.9. The summed E-state index contributed by atoms with van der Waals surface area (Å²) < 4.78 is 14.5. The molecular formula is C15H17FN2O. The van der Waals surface area contributed by atoms with Crippen molar-refractivity contribution >= 4 is 0 Å². The van der Waals surface area contributed by atoms with Crippen molar-refractivity contribution in [2.75, 3.05) is 0 Å². The molecule has 0 aliphatic carbocycles. The van der Waals surface area contributed by atoms with E-state index in [2.05, 4.69) is 0 Å². The van der Waals surface area contributed by atoms with Gasteiger partial charge in [0.2, 0.25) is 0 Å². The number of hydrogen-bond donors (Lipinski definition) is 1. The molecule has 0 amide bonds. The van der Waals surface area contributed by atoms with Crippen molar-refractivity contribution < 1.29 is 4.39 Å². The second-order valence-electron chi connectivity index (χ2n) is 4.78. The highest BCUT2D eigenvalue weighted by Gasteiger charge is 2.17. The number of benzene rings is 1. The summed E-state index contributed by atoms with van der Waals surface area (Å²) in [4.78, 5) is 12.3. The lowest BCUT2D eigenvalue weighted by Gasteiger charge is -2.17. The summed E-state index contributed by atoms with van der Waals surface area (Å²) >= 11 is 0. The van der Waals surface area contributed by atoms with E-state index in [1.165, 1.54) is 12.1 Å². The molecule has 100 valence electrons. The van der Waals surface area contributed by atoms with E-state index in [0.29, 0.717) is 5.56 Å². The highest BCUT2D eigenvalue weighted by atomic mass is 19.1. The van der Waals surface area contributed by atoms with E-state index in [4.69, 9.17) is 5.73 Å². The maximum Gasteiger partial charge on any atom is 0.255 e. The van der Waals surface area contributed by atoms with E-state index in [1.54, 1.807) is 23.7 Å². The summed E-state index contributed by atoms with van der Waals surface area (Å²) in [7, 11) is 1.72. The molecule has 0 radical (unpaired) electrons. The zero-order valence-electron chi connectivity index (χ0n) is 11.3. The smallest absolute Gasteiger partial charge is 0.255 e. The molecule has 0 spiro atoms. The predicted molar refractivity (Wildman–Crippen MR) is 73.6 cm³/mol. The standard InChI is InChI=1S/C15H17FN2O/c1-9-8-10(2)18(3)15(19)13(9)14(17)11-4-6-12(16)7-5-11/h4-8,14H,17H2,1-3H3. The molecule has 0 aliphatic rings. The Balaban J connectivity index is 2.56. The van der Waals surface area contributed by atoms with Crippen LogP contribution in [-0.2, 0) is 7.05 Å². The van der Waals surface area contributed by atoms with Gasteiger partial charge < -0.3 is 10.3 Å². The summed E-state index contributed by atoms with van der Waals surface area (Å²) in [6, 6.07) is 7.31. The van der Waals surface area contributed by atoms with Gasteiger partial charge in [-0.25, -0.2) is 4.39 Å². The van der Waals surface area contributed by atoms with Crippen LogP contribution in [0.25, 0.3) is 0 Å². The van der Waals surface area contributed by atoms with E-state index in [1.807, 2.05) is 19.9 Å². The minimum atomic E-state index is -0.542. The van der Waals surface area contributed by atoms with Gasteiger partial charge in [-0.2, -0.15) is 0 Å². The van der Waals surface area contributed by atoms with Gasteiger partial charge in [-0.1, -0.05) is 12.1 Å². The quantitative estimate of drug-likeness (QED) is 0.899. The van der Waals surface area contributed by atoms with Crippen LogP contribution in [0.15, 0.2) is 35.1 Å². The normalized spacial score (nSPS) is 12.5. The summed E-state index contributed by atoms with van der Waals surface area (Å²) in [5.41, 5.74) is 9.08. The molecule has 4 heteroatoms. The van der Waals surface area contributed by atoms with E-state index < -0.39 is 6.04 Å². The number of pyridine rings is 1. The van der Waals surface area contributed by atoms with Crippen molar-refractivity contribution in [1.82, 2.24) is 4.57 Å². The van der Waals surface area contributed by atoms with E-state index in [0.717, 1.165) is 16.8 Å². The van der Waals surface area contributed by atoms with Gasteiger partial charge >= 0.3 is 0 Å². The maximum atomic E-state index is 12.9. The van der Waals surface area contributed by atoms with Gasteiger partial charge in [0.05, 0.1) is 6.04 Å². The number of hydrogen-bond acceptors (Lipinski definition) is 2. The van der Waals surface area contributed by atoms with Crippen molar-refractivity contribution in [3.8, 4) is 0 Å². The van der Waals surface area contributed by atoms with Gasteiger partial charge in [0.15, 0.2) is 0 Å². The van der Waals surface area contributed by atoms with Gasteiger partial charge in [0.1, 0.15) is 5.82 Å². The highest BCUT2D eigenvalue weighted by Crippen LogP contribution is 2.20. The average molecular weight is 260 g/mol. The van der Waals surface area contributed by atoms with Crippen LogP contribution in [0.4, 0.5) is 4.39 Å². The molecule has 19 heavy (non-hydrogen) atoms. The molecule has 1 heterocycles. The fourth-order valence-electron chi connectivity index (χ4n) is 2.21. The third kappa shape index (κ3) is 2.44. The van der Waals surface area contributed by atoms with Crippen LogP contribution in [0.1, 0.15) is 28.4 Å². The topological polar surface area (TPSA) is 48.0 Å². The second-order valence-corrected chi connectivity index (χ2v) is 4.78. The molecule has 3 nitrogen and oxygen atoms in total. The molecule has 0 aliphatic heterocycles. The molecule has 2 rings (SSSR count). The third-order valence-electron chi connectivity index (χ3n) is 3.45. The molecule has 1 aromatic carbocycles. The highest BCUT2D eigenvalue weighted by molar-refractivity contribution is 5.36. The third-order valence-corrected chi connectivity index (χ3v) is 3.45. The summed E-state index contributed by atoms with van der Waals surface area (Å²) in [6.07, 6.45) is 0. The first-order chi connectivity index (χ1) is 8.91. The zero-order valence-corrected chi connectivity index (χ0v) is 11.3. The second kappa shape index (κ2) is 4.97. The number of nitrogens with zero attached hydrogens (tertiary/aromatic N) is 1. The molecule has 1 unspecified atom stereocenters. The van der Waals surface area contributed by atoms with E-state index in [9.17, 15) is 9.18 Å². The zero-order chi connectivity index (χ0) is 14.2. The van der Waals surface area contributed by atoms with Crippen LogP contribution in [0.5, 0.6) is 0 Å². The molecule has 1 atom stereocenters. The lowest BCUT2D eigenvalue weighted by molar-refractivity contribution is 0.626. The van der Waals surface area contributed by atoms with E-state index in [-0.39, 0.29) is 11.4 Å². The van der Waals surface area contributed by atoms with Crippen molar-refractivity contribution in [1.29, 1.82) is 0 Å². The molecule has 2 aromatic rings. The van der Waals surface area contributed by atoms with Crippen LogP contribution >= 0.6 is 0 Å². The first-order valence-electron chi connectivity index (χ1n) is 6.10. The molecular weight excluding hydrogens is 243 g/mol. The average Bonchev–Trinajstić information content (AvgIpc) is 2.37. The largest absolute Gasteiger partial charge is 0.320 e. The van der Waals surface area contributed by atoms with Gasteiger partial charge in [-0.15, -0.1) is 0 Å². The first kappa shape index (κ1) is 13.5. The van der Waals surface area contributed by atoms with E-state index >= 15 is 0 Å². The van der Waals surface area contributed by atoms with Crippen molar-refractivity contribution in [3.63, 3.8) is 0 Å². The van der Waals surface area contributed by atoms with Gasteiger partial charge in [-0.05, 0) is 43.2 Å². The van der Waals surface area contributed by atoms with Gasteiger partial charge in [0.25, 0.3) is 5.56 Å². The van der Waals surface area contributed by atoms with Crippen LogP contribution < -0.4 is 11.3 Å². The molecule has 1 aromatic heterocycles.